The van der Waals surface area contributed by atoms with Crippen molar-refractivity contribution in [2.45, 2.75) is 37.6 Å². The minimum atomic E-state index is -4.56. The highest BCUT2D eigenvalue weighted by molar-refractivity contribution is 5.91. The van der Waals surface area contributed by atoms with Gasteiger partial charge >= 0.3 is 12.2 Å². The summed E-state index contributed by atoms with van der Waals surface area (Å²) in [5.41, 5.74) is 1.69. The third-order valence-electron chi connectivity index (χ3n) is 5.84. The van der Waals surface area contributed by atoms with Gasteiger partial charge in [0.25, 0.3) is 0 Å². The molecule has 2 aromatic rings. The minimum absolute atomic E-state index is 0.0572. The first-order valence-electron chi connectivity index (χ1n) is 10.3. The second-order valence-electron chi connectivity index (χ2n) is 8.01. The number of carbonyl (C=O) groups excluding carboxylic acids is 2. The number of H-pyrrole nitrogens is 1. The summed E-state index contributed by atoms with van der Waals surface area (Å²) in [6.45, 7) is 2.17. The number of alkyl halides is 3. The second kappa shape index (κ2) is 7.64. The molecule has 14 heteroatoms. The Morgan fingerprint density at radius 3 is 2.91 bits per heavy atom. The van der Waals surface area contributed by atoms with E-state index >= 15 is 0 Å². The van der Waals surface area contributed by atoms with E-state index in [2.05, 4.69) is 35.5 Å². The number of halogens is 3. The smallest absolute Gasteiger partial charge is 0.366 e. The van der Waals surface area contributed by atoms with Crippen molar-refractivity contribution in [2.75, 3.05) is 18.4 Å². The van der Waals surface area contributed by atoms with Crippen molar-refractivity contribution in [2.24, 2.45) is 0 Å². The second-order valence-corrected chi connectivity index (χ2v) is 8.01. The highest BCUT2D eigenvalue weighted by Crippen LogP contribution is 2.33. The molecule has 1 saturated heterocycles. The van der Waals surface area contributed by atoms with E-state index in [-0.39, 0.29) is 12.0 Å². The van der Waals surface area contributed by atoms with E-state index in [0.29, 0.717) is 42.2 Å². The normalized spacial score (nSPS) is 22.8. The molecule has 2 unspecified atom stereocenters. The number of hydrogen-bond donors (Lipinski definition) is 4. The van der Waals surface area contributed by atoms with Crippen LogP contribution in [-0.4, -0.2) is 79.1 Å². The zero-order chi connectivity index (χ0) is 23.3. The molecule has 0 aromatic carbocycles. The zero-order valence-electron chi connectivity index (χ0n) is 17.3. The molecule has 3 amide bonds. The Morgan fingerprint density at radius 2 is 2.12 bits per heavy atom. The molecular formula is C19H20F3N9O2. The molecule has 5 heterocycles. The Hall–Kier alpha value is -3.84. The van der Waals surface area contributed by atoms with Crippen LogP contribution in [0.2, 0.25) is 0 Å². The molecule has 0 saturated carbocycles. The molecule has 0 radical (unpaired) electrons. The number of imidazole rings is 1. The standard InChI is InChI=1S/C19H20F3N9O2/c1-9(19(20,21)22)26-16(32)11-2-3-13-15(27-11)31(10-4-5-30(13)7-10)18(33)29-17-23-6-12-14(28-17)25-8-24-12/h2-3,6,8-11,27H,4-5,7H2,1H3,(H,26,32)(H2,23,24,25,28,29,33)/t9-,10?,11?/m1/s1. The zero-order valence-corrected chi connectivity index (χ0v) is 17.3. The van der Waals surface area contributed by atoms with Gasteiger partial charge in [-0.05, 0) is 19.4 Å². The van der Waals surface area contributed by atoms with E-state index < -0.39 is 30.2 Å². The average molecular weight is 463 g/mol. The summed E-state index contributed by atoms with van der Waals surface area (Å²) in [6.07, 6.45) is 2.23. The topological polar surface area (TPSA) is 131 Å². The van der Waals surface area contributed by atoms with Crippen molar-refractivity contribution in [3.8, 4) is 0 Å². The molecule has 4 N–H and O–H groups in total. The van der Waals surface area contributed by atoms with Crippen molar-refractivity contribution in [1.29, 1.82) is 0 Å². The van der Waals surface area contributed by atoms with Crippen LogP contribution < -0.4 is 16.0 Å². The Morgan fingerprint density at radius 1 is 1.30 bits per heavy atom. The summed E-state index contributed by atoms with van der Waals surface area (Å²) in [6, 6.07) is -3.78. The first-order valence-corrected chi connectivity index (χ1v) is 10.3. The quantitative estimate of drug-likeness (QED) is 0.535. The summed E-state index contributed by atoms with van der Waals surface area (Å²) in [7, 11) is 0. The van der Waals surface area contributed by atoms with Crippen LogP contribution in [-0.2, 0) is 4.79 Å². The monoisotopic (exact) mass is 463 g/mol. The molecule has 1 fully saturated rings. The SMILES string of the molecule is C[C@@H](NC(=O)C1C=CC2=C(N1)N(C(=O)Nc1ncc3[nH]cnc3n1)C1CCN2C1)C(F)(F)F. The van der Waals surface area contributed by atoms with E-state index in [1.54, 1.807) is 6.08 Å². The average Bonchev–Trinajstić information content (AvgIpc) is 3.40. The number of hydrogen-bond acceptors (Lipinski definition) is 7. The molecule has 0 spiro atoms. The summed E-state index contributed by atoms with van der Waals surface area (Å²) >= 11 is 0. The van der Waals surface area contributed by atoms with Crippen molar-refractivity contribution < 1.29 is 22.8 Å². The lowest BCUT2D eigenvalue weighted by atomic mass is 10.1. The number of fused-ring (bicyclic) bond motifs is 4. The van der Waals surface area contributed by atoms with Gasteiger partial charge in [-0.1, -0.05) is 6.08 Å². The van der Waals surface area contributed by atoms with Crippen LogP contribution in [0, 0.1) is 0 Å². The van der Waals surface area contributed by atoms with Gasteiger partial charge in [0.15, 0.2) is 5.65 Å². The summed E-state index contributed by atoms with van der Waals surface area (Å²) in [5, 5.41) is 7.54. The molecule has 2 aromatic heterocycles. The van der Waals surface area contributed by atoms with Gasteiger partial charge in [-0.25, -0.2) is 14.8 Å². The maximum atomic E-state index is 13.2. The third-order valence-corrected chi connectivity index (χ3v) is 5.84. The van der Waals surface area contributed by atoms with E-state index in [9.17, 15) is 22.8 Å². The van der Waals surface area contributed by atoms with E-state index in [0.717, 1.165) is 6.92 Å². The number of aromatic nitrogens is 4. The molecule has 0 aliphatic carbocycles. The maximum Gasteiger partial charge on any atom is 0.408 e. The van der Waals surface area contributed by atoms with Gasteiger partial charge in [-0.15, -0.1) is 0 Å². The fraction of sp³-hybridized carbons (Fsp3) is 0.421. The van der Waals surface area contributed by atoms with Crippen LogP contribution >= 0.6 is 0 Å². The van der Waals surface area contributed by atoms with Gasteiger partial charge in [0.2, 0.25) is 11.9 Å². The predicted molar refractivity (Wildman–Crippen MR) is 109 cm³/mol. The maximum absolute atomic E-state index is 13.2. The Bertz CT molecular complexity index is 1170. The van der Waals surface area contributed by atoms with Gasteiger partial charge in [0, 0.05) is 13.1 Å². The number of dihydropyridines is 1. The Balaban J connectivity index is 1.36. The highest BCUT2D eigenvalue weighted by Gasteiger charge is 2.43. The third kappa shape index (κ3) is 3.81. The number of rotatable bonds is 3. The van der Waals surface area contributed by atoms with Gasteiger partial charge < -0.3 is 20.5 Å². The first kappa shape index (κ1) is 21.0. The van der Waals surface area contributed by atoms with Crippen LogP contribution in [0.15, 0.2) is 36.2 Å². The number of nitrogens with one attached hydrogen (secondary N) is 4. The summed E-state index contributed by atoms with van der Waals surface area (Å²) in [5.74, 6) is -0.436. The van der Waals surface area contributed by atoms with Crippen molar-refractivity contribution in [3.63, 3.8) is 0 Å². The van der Waals surface area contributed by atoms with Crippen molar-refractivity contribution in [1.82, 2.24) is 40.4 Å². The fourth-order valence-corrected chi connectivity index (χ4v) is 4.10. The summed E-state index contributed by atoms with van der Waals surface area (Å²) in [4.78, 5) is 44.4. The molecule has 174 valence electrons. The number of urea groups is 1. The molecule has 2 bridgehead atoms. The van der Waals surface area contributed by atoms with Gasteiger partial charge in [0.05, 0.1) is 24.3 Å². The molecule has 11 nitrogen and oxygen atoms in total. The molecule has 33 heavy (non-hydrogen) atoms. The fourth-order valence-electron chi connectivity index (χ4n) is 4.10. The van der Waals surface area contributed by atoms with Crippen LogP contribution in [0.25, 0.3) is 11.2 Å². The van der Waals surface area contributed by atoms with Crippen molar-refractivity contribution in [3.05, 3.63) is 36.2 Å². The molecule has 3 aliphatic heterocycles. The number of nitrogens with zero attached hydrogens (tertiary/aromatic N) is 5. The molecule has 5 rings (SSSR count). The number of allylic oxidation sites excluding steroid dienone is 1. The van der Waals surface area contributed by atoms with Gasteiger partial charge in [-0.3, -0.25) is 15.0 Å². The van der Waals surface area contributed by atoms with E-state index in [1.807, 2.05) is 5.32 Å². The lowest BCUT2D eigenvalue weighted by molar-refractivity contribution is -0.158. The number of aromatic amines is 1. The largest absolute Gasteiger partial charge is 0.408 e. The first-order chi connectivity index (χ1) is 15.7. The molecule has 3 atom stereocenters. The van der Waals surface area contributed by atoms with Crippen LogP contribution in [0.5, 0.6) is 0 Å². The van der Waals surface area contributed by atoms with Crippen LogP contribution in [0.4, 0.5) is 23.9 Å². The highest BCUT2D eigenvalue weighted by atomic mass is 19.4. The van der Waals surface area contributed by atoms with Crippen molar-refractivity contribution >= 4 is 29.1 Å². The lowest BCUT2D eigenvalue weighted by Gasteiger charge is -2.40. The van der Waals surface area contributed by atoms with Gasteiger partial charge in [-0.2, -0.15) is 18.2 Å². The molecule has 3 aliphatic rings. The van der Waals surface area contributed by atoms with Crippen LogP contribution in [0.3, 0.4) is 0 Å². The number of carbonyl (C=O) groups is 2. The van der Waals surface area contributed by atoms with Gasteiger partial charge in [0.1, 0.15) is 23.4 Å². The van der Waals surface area contributed by atoms with Crippen LogP contribution in [0.1, 0.15) is 13.3 Å². The van der Waals surface area contributed by atoms with E-state index in [4.69, 9.17) is 0 Å². The summed E-state index contributed by atoms with van der Waals surface area (Å²) < 4.78 is 38.6. The Kier molecular flexibility index (Phi) is 4.87. The lowest BCUT2D eigenvalue weighted by Crippen LogP contribution is -2.57. The predicted octanol–water partition coefficient (Wildman–Crippen LogP) is 1.04. The minimum Gasteiger partial charge on any atom is -0.366 e. The Labute approximate surface area is 185 Å². The number of amides is 3. The van der Waals surface area contributed by atoms with E-state index in [1.165, 1.54) is 23.5 Å². The molecular weight excluding hydrogens is 443 g/mol. The number of anilines is 1.